The second kappa shape index (κ2) is 4.49. The third-order valence-electron chi connectivity index (χ3n) is 2.87. The van der Waals surface area contributed by atoms with Gasteiger partial charge in [0.1, 0.15) is 5.76 Å². The summed E-state index contributed by atoms with van der Waals surface area (Å²) >= 11 is 0. The maximum atomic E-state index is 11.1. The minimum atomic E-state index is -0.181. The van der Waals surface area contributed by atoms with Crippen LogP contribution in [0.5, 0.6) is 0 Å². The van der Waals surface area contributed by atoms with E-state index in [9.17, 15) is 4.79 Å². The van der Waals surface area contributed by atoms with Gasteiger partial charge in [0.2, 0.25) is 5.91 Å². The van der Waals surface area contributed by atoms with E-state index < -0.39 is 0 Å². The van der Waals surface area contributed by atoms with Crippen LogP contribution < -0.4 is 5.73 Å². The van der Waals surface area contributed by atoms with Crippen molar-refractivity contribution in [3.63, 3.8) is 0 Å². The lowest BCUT2D eigenvalue weighted by molar-refractivity contribution is -0.123. The van der Waals surface area contributed by atoms with Crippen LogP contribution in [0, 0.1) is 5.92 Å². The molecule has 1 aromatic heterocycles. The number of piperidine rings is 1. The van der Waals surface area contributed by atoms with Crippen molar-refractivity contribution in [1.29, 1.82) is 0 Å². The van der Waals surface area contributed by atoms with Gasteiger partial charge in [0.15, 0.2) is 0 Å². The van der Waals surface area contributed by atoms with Crippen LogP contribution in [-0.2, 0) is 11.3 Å². The number of carbonyl (C=O) groups is 1. The fourth-order valence-electron chi connectivity index (χ4n) is 2.05. The zero-order valence-corrected chi connectivity index (χ0v) is 8.69. The van der Waals surface area contributed by atoms with E-state index in [2.05, 4.69) is 4.90 Å². The molecule has 0 saturated carbocycles. The van der Waals surface area contributed by atoms with Crippen LogP contribution in [0.4, 0.5) is 0 Å². The molecule has 82 valence electrons. The monoisotopic (exact) mass is 208 g/mol. The number of hydrogen-bond acceptors (Lipinski definition) is 3. The normalized spacial score (nSPS) is 22.8. The Hall–Kier alpha value is -1.29. The maximum absolute atomic E-state index is 11.1. The molecular weight excluding hydrogens is 192 g/mol. The Kier molecular flexibility index (Phi) is 3.06. The number of hydrogen-bond donors (Lipinski definition) is 1. The van der Waals surface area contributed by atoms with Crippen LogP contribution >= 0.6 is 0 Å². The highest BCUT2D eigenvalue weighted by Crippen LogP contribution is 2.18. The van der Waals surface area contributed by atoms with Crippen molar-refractivity contribution in [3.8, 4) is 0 Å². The smallest absolute Gasteiger partial charge is 0.221 e. The van der Waals surface area contributed by atoms with Crippen LogP contribution in [0.1, 0.15) is 18.6 Å². The first kappa shape index (κ1) is 10.2. The number of rotatable bonds is 3. The zero-order chi connectivity index (χ0) is 10.7. The van der Waals surface area contributed by atoms with Crippen molar-refractivity contribution in [1.82, 2.24) is 4.90 Å². The van der Waals surface area contributed by atoms with E-state index in [0.29, 0.717) is 0 Å². The average Bonchev–Trinajstić information content (AvgIpc) is 2.71. The van der Waals surface area contributed by atoms with Gasteiger partial charge in [-0.25, -0.2) is 0 Å². The van der Waals surface area contributed by atoms with Crippen LogP contribution in [0.3, 0.4) is 0 Å². The molecule has 1 amide bonds. The molecule has 2 heterocycles. The van der Waals surface area contributed by atoms with Gasteiger partial charge in [-0.3, -0.25) is 9.69 Å². The SMILES string of the molecule is NC(=O)[C@H]1CCCN(Cc2ccco2)C1. The van der Waals surface area contributed by atoms with Gasteiger partial charge in [0.05, 0.1) is 18.7 Å². The van der Waals surface area contributed by atoms with Gasteiger partial charge in [-0.2, -0.15) is 0 Å². The van der Waals surface area contributed by atoms with Crippen LogP contribution in [0.25, 0.3) is 0 Å². The minimum absolute atomic E-state index is 0.00807. The molecule has 1 aliphatic heterocycles. The number of carbonyl (C=O) groups excluding carboxylic acids is 1. The fraction of sp³-hybridized carbons (Fsp3) is 0.545. The minimum Gasteiger partial charge on any atom is -0.468 e. The summed E-state index contributed by atoms with van der Waals surface area (Å²) in [4.78, 5) is 13.3. The summed E-state index contributed by atoms with van der Waals surface area (Å²) in [6, 6.07) is 3.83. The zero-order valence-electron chi connectivity index (χ0n) is 8.69. The van der Waals surface area contributed by atoms with Crippen molar-refractivity contribution in [2.75, 3.05) is 13.1 Å². The average molecular weight is 208 g/mol. The summed E-state index contributed by atoms with van der Waals surface area (Å²) in [5, 5.41) is 0. The topological polar surface area (TPSA) is 59.5 Å². The number of furan rings is 1. The molecule has 4 nitrogen and oxygen atoms in total. The highest BCUT2D eigenvalue weighted by molar-refractivity contribution is 5.76. The summed E-state index contributed by atoms with van der Waals surface area (Å²) in [6.07, 6.45) is 3.63. The van der Waals surface area contributed by atoms with E-state index in [0.717, 1.165) is 38.2 Å². The van der Waals surface area contributed by atoms with Gasteiger partial charge in [0.25, 0.3) is 0 Å². The summed E-state index contributed by atoms with van der Waals surface area (Å²) in [6.45, 7) is 2.55. The first-order valence-electron chi connectivity index (χ1n) is 5.30. The lowest BCUT2D eigenvalue weighted by atomic mass is 9.97. The van der Waals surface area contributed by atoms with E-state index in [-0.39, 0.29) is 11.8 Å². The third-order valence-corrected chi connectivity index (χ3v) is 2.87. The molecule has 1 aromatic rings. The van der Waals surface area contributed by atoms with Gasteiger partial charge in [-0.05, 0) is 31.5 Å². The van der Waals surface area contributed by atoms with Crippen molar-refractivity contribution in [3.05, 3.63) is 24.2 Å². The summed E-state index contributed by atoms with van der Waals surface area (Å²) in [7, 11) is 0. The highest BCUT2D eigenvalue weighted by Gasteiger charge is 2.24. The van der Waals surface area contributed by atoms with Crippen molar-refractivity contribution >= 4 is 5.91 Å². The fourth-order valence-corrected chi connectivity index (χ4v) is 2.05. The van der Waals surface area contributed by atoms with E-state index in [1.807, 2.05) is 12.1 Å². The van der Waals surface area contributed by atoms with E-state index in [4.69, 9.17) is 10.2 Å². The first-order valence-corrected chi connectivity index (χ1v) is 5.30. The molecule has 0 aliphatic carbocycles. The Balaban J connectivity index is 1.90. The van der Waals surface area contributed by atoms with Crippen molar-refractivity contribution < 1.29 is 9.21 Å². The Labute approximate surface area is 89.0 Å². The lowest BCUT2D eigenvalue weighted by Crippen LogP contribution is -2.40. The Morgan fingerprint density at radius 2 is 2.53 bits per heavy atom. The third kappa shape index (κ3) is 2.59. The number of nitrogens with zero attached hydrogens (tertiary/aromatic N) is 1. The number of primary amides is 1. The summed E-state index contributed by atoms with van der Waals surface area (Å²) in [5.74, 6) is 0.771. The molecule has 0 unspecified atom stereocenters. The second-order valence-corrected chi connectivity index (χ2v) is 4.06. The molecule has 4 heteroatoms. The Morgan fingerprint density at radius 1 is 1.67 bits per heavy atom. The Morgan fingerprint density at radius 3 is 3.20 bits per heavy atom. The van der Waals surface area contributed by atoms with Crippen LogP contribution in [0.15, 0.2) is 22.8 Å². The van der Waals surface area contributed by atoms with Gasteiger partial charge >= 0.3 is 0 Å². The van der Waals surface area contributed by atoms with Gasteiger partial charge in [-0.15, -0.1) is 0 Å². The number of nitrogens with two attached hydrogens (primary N) is 1. The standard InChI is InChI=1S/C11H16N2O2/c12-11(14)9-3-1-5-13(7-9)8-10-4-2-6-15-10/h2,4,6,9H,1,3,5,7-8H2,(H2,12,14)/t9-/m0/s1. The lowest BCUT2D eigenvalue weighted by Gasteiger charge is -2.30. The van der Waals surface area contributed by atoms with Gasteiger partial charge < -0.3 is 10.2 Å². The van der Waals surface area contributed by atoms with E-state index in [1.165, 1.54) is 0 Å². The molecule has 0 aromatic carbocycles. The maximum Gasteiger partial charge on any atom is 0.221 e. The molecule has 1 fully saturated rings. The molecule has 1 saturated heterocycles. The molecule has 1 aliphatic rings. The van der Waals surface area contributed by atoms with Crippen molar-refractivity contribution in [2.45, 2.75) is 19.4 Å². The second-order valence-electron chi connectivity index (χ2n) is 4.06. The Bertz CT molecular complexity index is 321. The molecule has 0 bridgehead atoms. The number of likely N-dealkylation sites (tertiary alicyclic amines) is 1. The van der Waals surface area contributed by atoms with Crippen LogP contribution in [0.2, 0.25) is 0 Å². The summed E-state index contributed by atoms with van der Waals surface area (Å²) in [5.41, 5.74) is 5.31. The highest BCUT2D eigenvalue weighted by atomic mass is 16.3. The van der Waals surface area contributed by atoms with Crippen LogP contribution in [-0.4, -0.2) is 23.9 Å². The molecule has 2 N–H and O–H groups in total. The molecule has 0 radical (unpaired) electrons. The number of amides is 1. The molecule has 2 rings (SSSR count). The molecular formula is C11H16N2O2. The molecule has 0 spiro atoms. The van der Waals surface area contributed by atoms with Crippen molar-refractivity contribution in [2.24, 2.45) is 11.7 Å². The largest absolute Gasteiger partial charge is 0.468 e. The van der Waals surface area contributed by atoms with E-state index in [1.54, 1.807) is 6.26 Å². The summed E-state index contributed by atoms with van der Waals surface area (Å²) < 4.78 is 5.27. The first-order chi connectivity index (χ1) is 7.25. The molecule has 15 heavy (non-hydrogen) atoms. The quantitative estimate of drug-likeness (QED) is 0.805. The van der Waals surface area contributed by atoms with E-state index >= 15 is 0 Å². The van der Waals surface area contributed by atoms with Gasteiger partial charge in [0, 0.05) is 6.54 Å². The van der Waals surface area contributed by atoms with Gasteiger partial charge in [-0.1, -0.05) is 0 Å². The molecule has 1 atom stereocenters. The predicted molar refractivity (Wildman–Crippen MR) is 55.9 cm³/mol. The predicted octanol–water partition coefficient (Wildman–Crippen LogP) is 0.977.